The van der Waals surface area contributed by atoms with Crippen LogP contribution >= 0.6 is 0 Å². The van der Waals surface area contributed by atoms with Gasteiger partial charge in [-0.3, -0.25) is 0 Å². The van der Waals surface area contributed by atoms with Gasteiger partial charge in [0.2, 0.25) is 0 Å². The van der Waals surface area contributed by atoms with Crippen molar-refractivity contribution in [1.29, 1.82) is 0 Å². The van der Waals surface area contributed by atoms with Crippen molar-refractivity contribution in [2.24, 2.45) is 0 Å². The number of para-hydroxylation sites is 1. The Balaban J connectivity index is 1.96. The summed E-state index contributed by atoms with van der Waals surface area (Å²) >= 11 is 0. The van der Waals surface area contributed by atoms with Crippen molar-refractivity contribution < 1.29 is 9.13 Å². The Labute approximate surface area is 124 Å². The molecule has 3 rings (SSSR count). The van der Waals surface area contributed by atoms with Gasteiger partial charge in [0.15, 0.2) is 0 Å². The number of benzene rings is 2. The lowest BCUT2D eigenvalue weighted by molar-refractivity contribution is 0.189. The fraction of sp³-hybridized carbons (Fsp3) is 0.294. The Morgan fingerprint density at radius 1 is 1.24 bits per heavy atom. The van der Waals surface area contributed by atoms with Crippen LogP contribution in [0, 0.1) is 5.82 Å². The average molecular weight is 286 g/mol. The third kappa shape index (κ3) is 2.66. The molecule has 2 aromatic rings. The summed E-state index contributed by atoms with van der Waals surface area (Å²) in [5.74, 6) is 0.595. The Hall–Kier alpha value is -2.23. The second-order valence-corrected chi connectivity index (χ2v) is 5.31. The van der Waals surface area contributed by atoms with Gasteiger partial charge in [-0.1, -0.05) is 31.2 Å². The van der Waals surface area contributed by atoms with Gasteiger partial charge in [-0.15, -0.1) is 0 Å². The molecule has 0 aromatic heterocycles. The van der Waals surface area contributed by atoms with Crippen LogP contribution in [-0.2, 0) is 6.54 Å². The van der Waals surface area contributed by atoms with Crippen LogP contribution in [-0.4, -0.2) is 12.6 Å². The summed E-state index contributed by atoms with van der Waals surface area (Å²) in [5.41, 5.74) is 8.30. The second kappa shape index (κ2) is 5.64. The highest BCUT2D eigenvalue weighted by molar-refractivity contribution is 5.75. The van der Waals surface area contributed by atoms with Crippen LogP contribution < -0.4 is 15.4 Å². The maximum Gasteiger partial charge on any atom is 0.145 e. The summed E-state index contributed by atoms with van der Waals surface area (Å²) in [4.78, 5) is 2.11. The van der Waals surface area contributed by atoms with Gasteiger partial charge in [-0.25, -0.2) is 4.39 Å². The van der Waals surface area contributed by atoms with E-state index in [2.05, 4.69) is 11.8 Å². The molecular formula is C17H19FN2O. The van der Waals surface area contributed by atoms with Crippen LogP contribution in [0.2, 0.25) is 0 Å². The minimum absolute atomic E-state index is 0.103. The number of hydrogen-bond donors (Lipinski definition) is 1. The zero-order valence-corrected chi connectivity index (χ0v) is 12.1. The zero-order chi connectivity index (χ0) is 14.8. The fourth-order valence-electron chi connectivity index (χ4n) is 2.72. The molecule has 4 heteroatoms. The first-order valence-corrected chi connectivity index (χ1v) is 7.22. The SMILES string of the molecule is CCC1CN(Cc2ccccc2F)c2c(N)cccc2O1. The van der Waals surface area contributed by atoms with Crippen molar-refractivity contribution in [3.63, 3.8) is 0 Å². The number of halogens is 1. The third-order valence-electron chi connectivity index (χ3n) is 3.84. The summed E-state index contributed by atoms with van der Waals surface area (Å²) in [5, 5.41) is 0. The normalized spacial score (nSPS) is 17.2. The van der Waals surface area contributed by atoms with Gasteiger partial charge in [-0.05, 0) is 24.6 Å². The first-order chi connectivity index (χ1) is 10.2. The molecular weight excluding hydrogens is 267 g/mol. The van der Waals surface area contributed by atoms with E-state index < -0.39 is 0 Å². The van der Waals surface area contributed by atoms with Gasteiger partial charge in [-0.2, -0.15) is 0 Å². The molecule has 0 amide bonds. The molecule has 1 heterocycles. The first kappa shape index (κ1) is 13.7. The van der Waals surface area contributed by atoms with Crippen molar-refractivity contribution >= 4 is 11.4 Å². The van der Waals surface area contributed by atoms with Crippen molar-refractivity contribution in [3.05, 3.63) is 53.8 Å². The molecule has 0 bridgehead atoms. The molecule has 1 atom stereocenters. The van der Waals surface area contributed by atoms with Crippen LogP contribution in [0.5, 0.6) is 5.75 Å². The zero-order valence-electron chi connectivity index (χ0n) is 12.1. The molecule has 1 aliphatic heterocycles. The van der Waals surface area contributed by atoms with Crippen molar-refractivity contribution in [3.8, 4) is 5.75 Å². The number of fused-ring (bicyclic) bond motifs is 1. The third-order valence-corrected chi connectivity index (χ3v) is 3.84. The lowest BCUT2D eigenvalue weighted by Gasteiger charge is -2.37. The van der Waals surface area contributed by atoms with Gasteiger partial charge in [0.25, 0.3) is 0 Å². The largest absolute Gasteiger partial charge is 0.486 e. The summed E-state index contributed by atoms with van der Waals surface area (Å²) < 4.78 is 19.9. The molecule has 21 heavy (non-hydrogen) atoms. The number of nitrogens with zero attached hydrogens (tertiary/aromatic N) is 1. The van der Waals surface area contributed by atoms with Gasteiger partial charge in [0.1, 0.15) is 23.4 Å². The van der Waals surface area contributed by atoms with E-state index in [1.165, 1.54) is 6.07 Å². The molecule has 1 unspecified atom stereocenters. The van der Waals surface area contributed by atoms with E-state index in [9.17, 15) is 4.39 Å². The Morgan fingerprint density at radius 3 is 2.81 bits per heavy atom. The molecule has 1 aliphatic rings. The van der Waals surface area contributed by atoms with E-state index in [-0.39, 0.29) is 11.9 Å². The summed E-state index contributed by atoms with van der Waals surface area (Å²) in [6, 6.07) is 12.5. The molecule has 0 saturated carbocycles. The number of anilines is 2. The topological polar surface area (TPSA) is 38.5 Å². The van der Waals surface area contributed by atoms with Crippen molar-refractivity contribution in [2.45, 2.75) is 26.0 Å². The highest BCUT2D eigenvalue weighted by Crippen LogP contribution is 2.39. The standard InChI is InChI=1S/C17H19FN2O/c1-2-13-11-20(10-12-6-3-4-7-14(12)18)17-15(19)8-5-9-16(17)21-13/h3-9,13H,2,10-11,19H2,1H3. The highest BCUT2D eigenvalue weighted by atomic mass is 19.1. The molecule has 0 saturated heterocycles. The minimum Gasteiger partial charge on any atom is -0.486 e. The van der Waals surface area contributed by atoms with Crippen LogP contribution in [0.4, 0.5) is 15.8 Å². The molecule has 2 N–H and O–H groups in total. The van der Waals surface area contributed by atoms with Gasteiger partial charge >= 0.3 is 0 Å². The predicted octanol–water partition coefficient (Wildman–Crippen LogP) is 3.59. The summed E-state index contributed by atoms with van der Waals surface area (Å²) in [6.45, 7) is 3.29. The van der Waals surface area contributed by atoms with Crippen LogP contribution in [0.3, 0.4) is 0 Å². The second-order valence-electron chi connectivity index (χ2n) is 5.31. The summed E-state index contributed by atoms with van der Waals surface area (Å²) in [6.07, 6.45) is 1.01. The van der Waals surface area contributed by atoms with Crippen molar-refractivity contribution in [2.75, 3.05) is 17.2 Å². The van der Waals surface area contributed by atoms with Gasteiger partial charge in [0.05, 0.1) is 12.2 Å². The lowest BCUT2D eigenvalue weighted by Crippen LogP contribution is -2.39. The number of rotatable bonds is 3. The van der Waals surface area contributed by atoms with E-state index in [1.54, 1.807) is 6.07 Å². The van der Waals surface area contributed by atoms with Crippen LogP contribution in [0.25, 0.3) is 0 Å². The van der Waals surface area contributed by atoms with E-state index in [0.29, 0.717) is 24.3 Å². The molecule has 0 spiro atoms. The number of ether oxygens (including phenoxy) is 1. The first-order valence-electron chi connectivity index (χ1n) is 7.22. The maximum atomic E-state index is 13.9. The maximum absolute atomic E-state index is 13.9. The van der Waals surface area contributed by atoms with Gasteiger partial charge in [0, 0.05) is 12.1 Å². The molecule has 110 valence electrons. The lowest BCUT2D eigenvalue weighted by atomic mass is 10.1. The highest BCUT2D eigenvalue weighted by Gasteiger charge is 2.26. The average Bonchev–Trinajstić information content (AvgIpc) is 2.49. The van der Waals surface area contributed by atoms with Crippen molar-refractivity contribution in [1.82, 2.24) is 0 Å². The Morgan fingerprint density at radius 2 is 2.05 bits per heavy atom. The fourth-order valence-corrected chi connectivity index (χ4v) is 2.72. The molecule has 0 fully saturated rings. The van der Waals surface area contributed by atoms with Crippen LogP contribution in [0.1, 0.15) is 18.9 Å². The molecule has 2 aromatic carbocycles. The quantitative estimate of drug-likeness (QED) is 0.876. The number of nitrogen functional groups attached to an aromatic ring is 1. The van der Waals surface area contributed by atoms with E-state index in [4.69, 9.17) is 10.5 Å². The summed E-state index contributed by atoms with van der Waals surface area (Å²) in [7, 11) is 0. The van der Waals surface area contributed by atoms with E-state index in [0.717, 1.165) is 17.9 Å². The predicted molar refractivity (Wildman–Crippen MR) is 83.0 cm³/mol. The number of nitrogens with two attached hydrogens (primary N) is 1. The molecule has 3 nitrogen and oxygen atoms in total. The van der Waals surface area contributed by atoms with Gasteiger partial charge < -0.3 is 15.4 Å². The Kier molecular flexibility index (Phi) is 3.69. The monoisotopic (exact) mass is 286 g/mol. The molecule has 0 aliphatic carbocycles. The number of hydrogen-bond acceptors (Lipinski definition) is 3. The van der Waals surface area contributed by atoms with Crippen LogP contribution in [0.15, 0.2) is 42.5 Å². The molecule has 0 radical (unpaired) electrons. The Bertz CT molecular complexity index is 644. The van der Waals surface area contributed by atoms with E-state index in [1.807, 2.05) is 30.3 Å². The smallest absolute Gasteiger partial charge is 0.145 e. The minimum atomic E-state index is -0.187. The van der Waals surface area contributed by atoms with E-state index >= 15 is 0 Å².